The molecule has 0 aliphatic heterocycles. The molecule has 8 heteroatoms. The monoisotopic (exact) mass is 382 g/mol. The Labute approximate surface area is 152 Å². The summed E-state index contributed by atoms with van der Waals surface area (Å²) in [7, 11) is -3.87. The Morgan fingerprint density at radius 3 is 2.32 bits per heavy atom. The number of nitrogens with two attached hydrogens (primary N) is 1. The summed E-state index contributed by atoms with van der Waals surface area (Å²) in [5.41, 5.74) is -0.384. The molecule has 2 aromatic rings. The van der Waals surface area contributed by atoms with Crippen LogP contribution in [-0.2, 0) is 14.8 Å². The molecule has 0 fully saturated rings. The zero-order valence-electron chi connectivity index (χ0n) is 14.0. The molecule has 0 saturated carbocycles. The van der Waals surface area contributed by atoms with Crippen molar-refractivity contribution in [2.24, 2.45) is 5.14 Å². The number of benzene rings is 2. The van der Waals surface area contributed by atoms with Crippen LogP contribution in [0.2, 0.25) is 5.02 Å². The van der Waals surface area contributed by atoms with Crippen LogP contribution in [0, 0.1) is 6.92 Å². The number of halogens is 1. The standard InChI is InChI=1S/C17H19ClN2O4S/c1-11-4-7-13(10-15(11)25(19,22)23)20-16(21)17(2,3)24-14-8-5-12(18)6-9-14/h4-10H,1-3H3,(H,20,21)(H2,19,22,23). The first-order valence-electron chi connectivity index (χ1n) is 7.38. The van der Waals surface area contributed by atoms with Crippen LogP contribution >= 0.6 is 11.6 Å². The summed E-state index contributed by atoms with van der Waals surface area (Å²) in [5.74, 6) is 0.0466. The summed E-state index contributed by atoms with van der Waals surface area (Å²) < 4.78 is 28.9. The molecule has 1 amide bonds. The Morgan fingerprint density at radius 2 is 1.76 bits per heavy atom. The van der Waals surface area contributed by atoms with Crippen molar-refractivity contribution in [3.63, 3.8) is 0 Å². The van der Waals surface area contributed by atoms with Gasteiger partial charge in [-0.3, -0.25) is 4.79 Å². The summed E-state index contributed by atoms with van der Waals surface area (Å²) in [6.45, 7) is 4.83. The van der Waals surface area contributed by atoms with Crippen molar-refractivity contribution in [1.29, 1.82) is 0 Å². The third-order valence-corrected chi connectivity index (χ3v) is 4.79. The van der Waals surface area contributed by atoms with Gasteiger partial charge in [0.05, 0.1) is 4.90 Å². The molecule has 0 spiro atoms. The molecule has 3 N–H and O–H groups in total. The van der Waals surface area contributed by atoms with Crippen molar-refractivity contribution in [1.82, 2.24) is 0 Å². The minimum Gasteiger partial charge on any atom is -0.478 e. The number of ether oxygens (including phenoxy) is 1. The van der Waals surface area contributed by atoms with Gasteiger partial charge in [-0.1, -0.05) is 17.7 Å². The van der Waals surface area contributed by atoms with Crippen molar-refractivity contribution in [2.75, 3.05) is 5.32 Å². The highest BCUT2D eigenvalue weighted by molar-refractivity contribution is 7.89. The molecule has 0 bridgehead atoms. The van der Waals surface area contributed by atoms with Gasteiger partial charge in [0, 0.05) is 10.7 Å². The van der Waals surface area contributed by atoms with Gasteiger partial charge in [-0.15, -0.1) is 0 Å². The lowest BCUT2D eigenvalue weighted by Crippen LogP contribution is -2.42. The minimum atomic E-state index is -3.87. The van der Waals surface area contributed by atoms with Crippen LogP contribution in [0.25, 0.3) is 0 Å². The van der Waals surface area contributed by atoms with E-state index in [1.807, 2.05) is 0 Å². The maximum absolute atomic E-state index is 12.5. The van der Waals surface area contributed by atoms with Crippen molar-refractivity contribution in [2.45, 2.75) is 31.3 Å². The number of carbonyl (C=O) groups excluding carboxylic acids is 1. The Kier molecular flexibility index (Phi) is 5.41. The zero-order chi connectivity index (χ0) is 18.8. The lowest BCUT2D eigenvalue weighted by Gasteiger charge is -2.25. The molecule has 6 nitrogen and oxygen atoms in total. The van der Waals surface area contributed by atoms with Gasteiger partial charge in [-0.05, 0) is 62.7 Å². The molecule has 0 saturated heterocycles. The first kappa shape index (κ1) is 19.2. The highest BCUT2D eigenvalue weighted by Gasteiger charge is 2.30. The van der Waals surface area contributed by atoms with Gasteiger partial charge in [0.1, 0.15) is 5.75 Å². The van der Waals surface area contributed by atoms with Gasteiger partial charge in [0.2, 0.25) is 10.0 Å². The molecule has 0 aliphatic carbocycles. The van der Waals surface area contributed by atoms with Crippen molar-refractivity contribution >= 4 is 33.2 Å². The number of anilines is 1. The molecule has 0 heterocycles. The summed E-state index contributed by atoms with van der Waals surface area (Å²) >= 11 is 5.82. The van der Waals surface area contributed by atoms with Crippen molar-refractivity contribution in [3.05, 3.63) is 53.1 Å². The SMILES string of the molecule is Cc1ccc(NC(=O)C(C)(C)Oc2ccc(Cl)cc2)cc1S(N)(=O)=O. The molecule has 0 radical (unpaired) electrons. The zero-order valence-corrected chi connectivity index (χ0v) is 15.6. The largest absolute Gasteiger partial charge is 0.478 e. The normalized spacial score (nSPS) is 11.9. The second kappa shape index (κ2) is 7.03. The van der Waals surface area contributed by atoms with Crippen LogP contribution in [0.1, 0.15) is 19.4 Å². The average Bonchev–Trinajstić information content (AvgIpc) is 2.50. The van der Waals surface area contributed by atoms with E-state index >= 15 is 0 Å². The predicted molar refractivity (Wildman–Crippen MR) is 97.3 cm³/mol. The molecule has 2 aromatic carbocycles. The smallest absolute Gasteiger partial charge is 0.267 e. The van der Waals surface area contributed by atoms with Gasteiger partial charge >= 0.3 is 0 Å². The number of aryl methyl sites for hydroxylation is 1. The van der Waals surface area contributed by atoms with Crippen LogP contribution < -0.4 is 15.2 Å². The van der Waals surface area contributed by atoms with Crippen LogP contribution in [0.3, 0.4) is 0 Å². The molecule has 0 aliphatic rings. The highest BCUT2D eigenvalue weighted by Crippen LogP contribution is 2.23. The number of hydrogen-bond acceptors (Lipinski definition) is 4. The lowest BCUT2D eigenvalue weighted by atomic mass is 10.1. The maximum Gasteiger partial charge on any atom is 0.267 e. The molecule has 0 atom stereocenters. The topological polar surface area (TPSA) is 98.5 Å². The maximum atomic E-state index is 12.5. The second-order valence-electron chi connectivity index (χ2n) is 6.05. The quantitative estimate of drug-likeness (QED) is 0.830. The molecule has 0 unspecified atom stereocenters. The fraction of sp³-hybridized carbons (Fsp3) is 0.235. The molecular weight excluding hydrogens is 364 g/mol. The molecule has 2 rings (SSSR count). The first-order valence-corrected chi connectivity index (χ1v) is 9.31. The van der Waals surface area contributed by atoms with E-state index in [4.69, 9.17) is 21.5 Å². The lowest BCUT2D eigenvalue weighted by molar-refractivity contribution is -0.128. The van der Waals surface area contributed by atoms with Crippen LogP contribution in [-0.4, -0.2) is 19.9 Å². The van der Waals surface area contributed by atoms with Gasteiger partial charge < -0.3 is 10.1 Å². The summed E-state index contributed by atoms with van der Waals surface area (Å²) in [6.07, 6.45) is 0. The number of hydrogen-bond donors (Lipinski definition) is 2. The summed E-state index contributed by atoms with van der Waals surface area (Å²) in [5, 5.41) is 8.39. The third-order valence-electron chi connectivity index (χ3n) is 3.49. The summed E-state index contributed by atoms with van der Waals surface area (Å²) in [6, 6.07) is 11.1. The van der Waals surface area contributed by atoms with E-state index in [0.29, 0.717) is 22.0 Å². The average molecular weight is 383 g/mol. The van der Waals surface area contributed by atoms with E-state index < -0.39 is 21.5 Å². The molecular formula is C17H19ClN2O4S. The van der Waals surface area contributed by atoms with Crippen LogP contribution in [0.15, 0.2) is 47.4 Å². The fourth-order valence-corrected chi connectivity index (χ4v) is 3.04. The molecule has 134 valence electrons. The number of primary sulfonamides is 1. The summed E-state index contributed by atoms with van der Waals surface area (Å²) in [4.78, 5) is 12.5. The Bertz CT molecular complexity index is 893. The highest BCUT2D eigenvalue weighted by atomic mass is 35.5. The van der Waals surface area contributed by atoms with Gasteiger partial charge in [0.25, 0.3) is 5.91 Å². The van der Waals surface area contributed by atoms with Gasteiger partial charge in [0.15, 0.2) is 5.60 Å². The van der Waals surface area contributed by atoms with Crippen molar-refractivity contribution < 1.29 is 17.9 Å². The number of sulfonamides is 1. The van der Waals surface area contributed by atoms with E-state index in [2.05, 4.69) is 5.32 Å². The van der Waals surface area contributed by atoms with Gasteiger partial charge in [-0.2, -0.15) is 0 Å². The Balaban J connectivity index is 2.19. The first-order chi connectivity index (χ1) is 11.5. The minimum absolute atomic E-state index is 0.0401. The third kappa shape index (κ3) is 4.94. The number of amides is 1. The van der Waals surface area contributed by atoms with E-state index in [1.54, 1.807) is 57.2 Å². The van der Waals surface area contributed by atoms with E-state index in [1.165, 1.54) is 6.07 Å². The van der Waals surface area contributed by atoms with Gasteiger partial charge in [-0.25, -0.2) is 13.6 Å². The second-order valence-corrected chi connectivity index (χ2v) is 8.01. The van der Waals surface area contributed by atoms with Crippen molar-refractivity contribution in [3.8, 4) is 5.75 Å². The Hall–Kier alpha value is -2.09. The van der Waals surface area contributed by atoms with E-state index in [9.17, 15) is 13.2 Å². The number of carbonyl (C=O) groups is 1. The Morgan fingerprint density at radius 1 is 1.16 bits per heavy atom. The van der Waals surface area contributed by atoms with Crippen LogP contribution in [0.4, 0.5) is 5.69 Å². The van der Waals surface area contributed by atoms with Crippen LogP contribution in [0.5, 0.6) is 5.75 Å². The van der Waals surface area contributed by atoms with E-state index in [0.717, 1.165) is 0 Å². The molecule has 0 aromatic heterocycles. The number of nitrogens with one attached hydrogen (secondary N) is 1. The van der Waals surface area contributed by atoms with E-state index in [-0.39, 0.29) is 4.90 Å². The fourth-order valence-electron chi connectivity index (χ4n) is 2.11. The number of rotatable bonds is 5. The predicted octanol–water partition coefficient (Wildman–Crippen LogP) is 3.09. The molecule has 25 heavy (non-hydrogen) atoms.